The molecule has 0 bridgehead atoms. The summed E-state index contributed by atoms with van der Waals surface area (Å²) in [6, 6.07) is 13.7. The van der Waals surface area contributed by atoms with Gasteiger partial charge in [-0.25, -0.2) is 0 Å². The molecule has 0 aliphatic rings. The summed E-state index contributed by atoms with van der Waals surface area (Å²) in [5.41, 5.74) is 9.03. The first-order valence-electron chi connectivity index (χ1n) is 9.21. The first-order chi connectivity index (χ1) is 14.0. The number of hydrogen-bond acceptors (Lipinski definition) is 8. The molecule has 0 atom stereocenters. The SMILES string of the molecule is COc1cc(C)c(CN(C)Cc2nc(N)nc(Nc3ccccc3)n2)cc1OC. The molecule has 2 aromatic carbocycles. The molecule has 0 spiro atoms. The lowest BCUT2D eigenvalue weighted by Gasteiger charge is -2.19. The number of nitrogens with zero attached hydrogens (tertiary/aromatic N) is 4. The van der Waals surface area contributed by atoms with Crippen molar-refractivity contribution in [3.8, 4) is 11.5 Å². The molecule has 1 heterocycles. The molecule has 0 saturated carbocycles. The van der Waals surface area contributed by atoms with Crippen LogP contribution in [0.4, 0.5) is 17.6 Å². The summed E-state index contributed by atoms with van der Waals surface area (Å²) in [5.74, 6) is 2.63. The molecule has 8 nitrogen and oxygen atoms in total. The first-order valence-corrected chi connectivity index (χ1v) is 9.21. The van der Waals surface area contributed by atoms with E-state index in [4.69, 9.17) is 15.2 Å². The van der Waals surface area contributed by atoms with Crippen LogP contribution < -0.4 is 20.5 Å². The lowest BCUT2D eigenvalue weighted by Crippen LogP contribution is -2.20. The van der Waals surface area contributed by atoms with Gasteiger partial charge in [-0.15, -0.1) is 0 Å². The van der Waals surface area contributed by atoms with Gasteiger partial charge in [-0.2, -0.15) is 15.0 Å². The Kier molecular flexibility index (Phi) is 6.46. The molecule has 0 aliphatic heterocycles. The van der Waals surface area contributed by atoms with Crippen molar-refractivity contribution in [3.05, 3.63) is 59.4 Å². The number of nitrogen functional groups attached to an aromatic ring is 1. The van der Waals surface area contributed by atoms with Crippen LogP contribution in [0.1, 0.15) is 17.0 Å². The molecule has 0 fully saturated rings. The monoisotopic (exact) mass is 394 g/mol. The van der Waals surface area contributed by atoms with E-state index in [1.807, 2.05) is 56.4 Å². The molecule has 152 valence electrons. The van der Waals surface area contributed by atoms with Crippen LogP contribution in [0.15, 0.2) is 42.5 Å². The van der Waals surface area contributed by atoms with Gasteiger partial charge in [0.1, 0.15) is 5.82 Å². The maximum atomic E-state index is 5.88. The Morgan fingerprint density at radius 1 is 0.966 bits per heavy atom. The number of para-hydroxylation sites is 1. The maximum Gasteiger partial charge on any atom is 0.232 e. The number of ether oxygens (including phenoxy) is 2. The van der Waals surface area contributed by atoms with Crippen LogP contribution in [-0.4, -0.2) is 41.1 Å². The van der Waals surface area contributed by atoms with Gasteiger partial charge in [0.25, 0.3) is 0 Å². The summed E-state index contributed by atoms with van der Waals surface area (Å²) < 4.78 is 10.8. The predicted molar refractivity (Wildman–Crippen MR) is 113 cm³/mol. The van der Waals surface area contributed by atoms with Gasteiger partial charge < -0.3 is 20.5 Å². The Bertz CT molecular complexity index is 965. The van der Waals surface area contributed by atoms with Gasteiger partial charge in [-0.05, 0) is 49.4 Å². The van der Waals surface area contributed by atoms with E-state index in [1.54, 1.807) is 14.2 Å². The molecule has 3 aromatic rings. The number of aryl methyl sites for hydroxylation is 1. The molecule has 0 aliphatic carbocycles. The van der Waals surface area contributed by atoms with Crippen molar-refractivity contribution in [1.29, 1.82) is 0 Å². The molecular weight excluding hydrogens is 368 g/mol. The van der Waals surface area contributed by atoms with Gasteiger partial charge in [0.2, 0.25) is 11.9 Å². The fourth-order valence-electron chi connectivity index (χ4n) is 3.00. The highest BCUT2D eigenvalue weighted by atomic mass is 16.5. The van der Waals surface area contributed by atoms with E-state index in [-0.39, 0.29) is 5.95 Å². The normalized spacial score (nSPS) is 10.8. The summed E-state index contributed by atoms with van der Waals surface area (Å²) in [6.45, 7) is 3.26. The number of benzene rings is 2. The fourth-order valence-corrected chi connectivity index (χ4v) is 3.00. The number of anilines is 3. The highest BCUT2D eigenvalue weighted by Gasteiger charge is 2.12. The van der Waals surface area contributed by atoms with E-state index in [1.165, 1.54) is 0 Å². The van der Waals surface area contributed by atoms with Gasteiger partial charge in [0.05, 0.1) is 20.8 Å². The zero-order valence-corrected chi connectivity index (χ0v) is 17.1. The number of aromatic nitrogens is 3. The molecule has 1 aromatic heterocycles. The second-order valence-corrected chi connectivity index (χ2v) is 6.73. The van der Waals surface area contributed by atoms with Crippen molar-refractivity contribution >= 4 is 17.6 Å². The molecule has 8 heteroatoms. The third-order valence-electron chi connectivity index (χ3n) is 4.42. The summed E-state index contributed by atoms with van der Waals surface area (Å²) >= 11 is 0. The molecule has 0 amide bonds. The summed E-state index contributed by atoms with van der Waals surface area (Å²) in [4.78, 5) is 15.0. The second kappa shape index (κ2) is 9.20. The molecule has 3 N–H and O–H groups in total. The van der Waals surface area contributed by atoms with E-state index < -0.39 is 0 Å². The average molecular weight is 394 g/mol. The van der Waals surface area contributed by atoms with Crippen molar-refractivity contribution in [2.24, 2.45) is 0 Å². The summed E-state index contributed by atoms with van der Waals surface area (Å²) in [7, 11) is 5.27. The lowest BCUT2D eigenvalue weighted by atomic mass is 10.1. The van der Waals surface area contributed by atoms with Crippen LogP contribution in [0, 0.1) is 6.92 Å². The minimum atomic E-state index is 0.184. The Morgan fingerprint density at radius 3 is 2.34 bits per heavy atom. The summed E-state index contributed by atoms with van der Waals surface area (Å²) in [6.07, 6.45) is 0. The minimum absolute atomic E-state index is 0.184. The Morgan fingerprint density at radius 2 is 1.66 bits per heavy atom. The van der Waals surface area contributed by atoms with Gasteiger partial charge in [-0.1, -0.05) is 18.2 Å². The number of nitrogens with one attached hydrogen (secondary N) is 1. The first kappa shape index (κ1) is 20.3. The van der Waals surface area contributed by atoms with Crippen LogP contribution >= 0.6 is 0 Å². The molecule has 0 radical (unpaired) electrons. The zero-order chi connectivity index (χ0) is 20.8. The van der Waals surface area contributed by atoms with E-state index in [0.29, 0.717) is 30.6 Å². The molecule has 29 heavy (non-hydrogen) atoms. The van der Waals surface area contributed by atoms with Gasteiger partial charge >= 0.3 is 0 Å². The Labute approximate surface area is 170 Å². The largest absolute Gasteiger partial charge is 0.493 e. The number of hydrogen-bond donors (Lipinski definition) is 2. The quantitative estimate of drug-likeness (QED) is 0.601. The van der Waals surface area contributed by atoms with Crippen molar-refractivity contribution in [2.75, 3.05) is 32.3 Å². The molecule has 0 unspecified atom stereocenters. The van der Waals surface area contributed by atoms with Crippen LogP contribution in [-0.2, 0) is 13.1 Å². The van der Waals surface area contributed by atoms with E-state index >= 15 is 0 Å². The van der Waals surface area contributed by atoms with E-state index in [2.05, 4.69) is 25.2 Å². The van der Waals surface area contributed by atoms with E-state index in [9.17, 15) is 0 Å². The minimum Gasteiger partial charge on any atom is -0.493 e. The number of rotatable bonds is 8. The standard InChI is InChI=1S/C21H26N6O2/c1-14-10-17(28-3)18(29-4)11-15(14)12-27(2)13-19-24-20(22)26-21(25-19)23-16-8-6-5-7-9-16/h5-11H,12-13H2,1-4H3,(H3,22,23,24,25,26). The van der Waals surface area contributed by atoms with Gasteiger partial charge in [0.15, 0.2) is 11.5 Å². The molecular formula is C21H26N6O2. The van der Waals surface area contributed by atoms with Crippen molar-refractivity contribution in [1.82, 2.24) is 19.9 Å². The number of nitrogens with two attached hydrogens (primary N) is 1. The van der Waals surface area contributed by atoms with Crippen LogP contribution in [0.2, 0.25) is 0 Å². The third-order valence-corrected chi connectivity index (χ3v) is 4.42. The average Bonchev–Trinajstić information content (AvgIpc) is 2.69. The molecule has 0 saturated heterocycles. The highest BCUT2D eigenvalue weighted by molar-refractivity contribution is 5.53. The van der Waals surface area contributed by atoms with Crippen molar-refractivity contribution in [3.63, 3.8) is 0 Å². The maximum absolute atomic E-state index is 5.88. The lowest BCUT2D eigenvalue weighted by molar-refractivity contribution is 0.307. The van der Waals surface area contributed by atoms with Crippen molar-refractivity contribution in [2.45, 2.75) is 20.0 Å². The smallest absolute Gasteiger partial charge is 0.232 e. The topological polar surface area (TPSA) is 98.4 Å². The second-order valence-electron chi connectivity index (χ2n) is 6.73. The van der Waals surface area contributed by atoms with Gasteiger partial charge in [-0.3, -0.25) is 4.90 Å². The Balaban J connectivity index is 1.73. The zero-order valence-electron chi connectivity index (χ0n) is 17.1. The van der Waals surface area contributed by atoms with Crippen LogP contribution in [0.5, 0.6) is 11.5 Å². The highest BCUT2D eigenvalue weighted by Crippen LogP contribution is 2.30. The van der Waals surface area contributed by atoms with E-state index in [0.717, 1.165) is 22.6 Å². The summed E-state index contributed by atoms with van der Waals surface area (Å²) in [5, 5.41) is 3.15. The number of methoxy groups -OCH3 is 2. The van der Waals surface area contributed by atoms with Crippen LogP contribution in [0.3, 0.4) is 0 Å². The van der Waals surface area contributed by atoms with Gasteiger partial charge in [0, 0.05) is 12.2 Å². The van der Waals surface area contributed by atoms with Crippen LogP contribution in [0.25, 0.3) is 0 Å². The Hall–Kier alpha value is -3.39. The third kappa shape index (κ3) is 5.32. The fraction of sp³-hybridized carbons (Fsp3) is 0.286. The van der Waals surface area contributed by atoms with Crippen molar-refractivity contribution < 1.29 is 9.47 Å². The predicted octanol–water partition coefficient (Wildman–Crippen LogP) is 3.16. The molecule has 3 rings (SSSR count).